The molecule has 0 aliphatic carbocycles. The molecule has 1 N–H and O–H groups in total. The molecule has 1 amide bonds. The highest BCUT2D eigenvalue weighted by Crippen LogP contribution is 2.24. The normalized spacial score (nSPS) is 17.8. The summed E-state index contributed by atoms with van der Waals surface area (Å²) in [5.74, 6) is -1.01. The van der Waals surface area contributed by atoms with E-state index in [9.17, 15) is 9.59 Å². The number of para-hydroxylation sites is 1. The van der Waals surface area contributed by atoms with Gasteiger partial charge in [0.2, 0.25) is 0 Å². The summed E-state index contributed by atoms with van der Waals surface area (Å²) in [7, 11) is 1.65. The molecule has 1 aromatic heterocycles. The van der Waals surface area contributed by atoms with Gasteiger partial charge in [0.25, 0.3) is 5.91 Å². The summed E-state index contributed by atoms with van der Waals surface area (Å²) in [6.07, 6.45) is 1.30. The topological polar surface area (TPSA) is 81.0 Å². The van der Waals surface area contributed by atoms with Crippen LogP contribution < -0.4 is 0 Å². The van der Waals surface area contributed by atoms with E-state index in [-0.39, 0.29) is 12.3 Å². The summed E-state index contributed by atoms with van der Waals surface area (Å²) < 4.78 is 12.6. The van der Waals surface area contributed by atoms with Crippen LogP contribution in [0.4, 0.5) is 0 Å². The molecule has 3 rings (SSSR count). The van der Waals surface area contributed by atoms with Crippen LogP contribution in [-0.4, -0.2) is 66.0 Å². The van der Waals surface area contributed by atoms with Gasteiger partial charge >= 0.3 is 5.97 Å². The van der Waals surface area contributed by atoms with Crippen molar-refractivity contribution in [2.24, 2.45) is 0 Å². The Balaban J connectivity index is 1.85. The van der Waals surface area contributed by atoms with Gasteiger partial charge in [-0.15, -0.1) is 0 Å². The molecule has 2 heterocycles. The Bertz CT molecular complexity index is 770. The average Bonchev–Trinajstić information content (AvgIpc) is 2.98. The van der Waals surface area contributed by atoms with Crippen LogP contribution in [0.15, 0.2) is 30.5 Å². The Hall–Kier alpha value is -2.38. The van der Waals surface area contributed by atoms with Gasteiger partial charge < -0.3 is 24.0 Å². The number of nitrogens with zero attached hydrogens (tertiary/aromatic N) is 2. The van der Waals surface area contributed by atoms with Gasteiger partial charge in [-0.2, -0.15) is 0 Å². The van der Waals surface area contributed by atoms with Crippen LogP contribution >= 0.6 is 0 Å². The monoisotopic (exact) mass is 346 g/mol. The predicted molar refractivity (Wildman–Crippen MR) is 91.7 cm³/mol. The lowest BCUT2D eigenvalue weighted by Gasteiger charge is -2.32. The van der Waals surface area contributed by atoms with Crippen molar-refractivity contribution in [3.63, 3.8) is 0 Å². The minimum Gasteiger partial charge on any atom is -0.481 e. The van der Waals surface area contributed by atoms with Crippen LogP contribution in [0.25, 0.3) is 10.9 Å². The molecule has 0 saturated carbocycles. The van der Waals surface area contributed by atoms with Crippen LogP contribution in [0.5, 0.6) is 0 Å². The number of benzene rings is 1. The van der Waals surface area contributed by atoms with Gasteiger partial charge in [0.1, 0.15) is 0 Å². The molecule has 0 bridgehead atoms. The lowest BCUT2D eigenvalue weighted by atomic mass is 10.1. The van der Waals surface area contributed by atoms with Crippen molar-refractivity contribution < 1.29 is 24.2 Å². The maximum Gasteiger partial charge on any atom is 0.306 e. The molecule has 1 atom stereocenters. The zero-order valence-electron chi connectivity index (χ0n) is 14.2. The Kier molecular flexibility index (Phi) is 5.35. The Labute approximate surface area is 145 Å². The Morgan fingerprint density at radius 3 is 2.92 bits per heavy atom. The number of morpholine rings is 1. The number of rotatable bonds is 6. The van der Waals surface area contributed by atoms with E-state index in [0.29, 0.717) is 38.4 Å². The second-order valence-corrected chi connectivity index (χ2v) is 6.09. The molecule has 0 radical (unpaired) electrons. The quantitative estimate of drug-likeness (QED) is 0.859. The number of hydrogen-bond acceptors (Lipinski definition) is 4. The van der Waals surface area contributed by atoms with Crippen LogP contribution in [0, 0.1) is 0 Å². The molecular weight excluding hydrogens is 324 g/mol. The van der Waals surface area contributed by atoms with E-state index in [1.807, 2.05) is 35.0 Å². The minimum absolute atomic E-state index is 0.0916. The second kappa shape index (κ2) is 7.67. The van der Waals surface area contributed by atoms with Crippen LogP contribution in [0.3, 0.4) is 0 Å². The molecular formula is C18H22N2O5. The first kappa shape index (κ1) is 17.4. The standard InChI is InChI=1S/C18H22N2O5/c1-24-8-6-19-12-15(14-4-2-3-5-16(14)19)18(23)20-7-9-25-13(11-20)10-17(21)22/h2-5,12-13H,6-11H2,1H3,(H,21,22)/t13-/m0/s1. The molecule has 7 heteroatoms. The number of carbonyl (C=O) groups excluding carboxylic acids is 1. The van der Waals surface area contributed by atoms with Crippen molar-refractivity contribution >= 4 is 22.8 Å². The maximum absolute atomic E-state index is 13.0. The highest BCUT2D eigenvalue weighted by atomic mass is 16.5. The summed E-state index contributed by atoms with van der Waals surface area (Å²) in [5, 5.41) is 9.83. The molecule has 25 heavy (non-hydrogen) atoms. The maximum atomic E-state index is 13.0. The zero-order chi connectivity index (χ0) is 17.8. The van der Waals surface area contributed by atoms with Crippen LogP contribution in [0.2, 0.25) is 0 Å². The number of aliphatic carboxylic acids is 1. The fraction of sp³-hybridized carbons (Fsp3) is 0.444. The van der Waals surface area contributed by atoms with Gasteiger partial charge in [0.15, 0.2) is 0 Å². The van der Waals surface area contributed by atoms with Gasteiger partial charge in [0.05, 0.1) is 31.3 Å². The second-order valence-electron chi connectivity index (χ2n) is 6.09. The molecule has 134 valence electrons. The van der Waals surface area contributed by atoms with E-state index >= 15 is 0 Å². The number of aromatic nitrogens is 1. The molecule has 1 aliphatic rings. The number of ether oxygens (including phenoxy) is 2. The Morgan fingerprint density at radius 2 is 2.16 bits per heavy atom. The lowest BCUT2D eigenvalue weighted by molar-refractivity contribution is -0.141. The van der Waals surface area contributed by atoms with Crippen molar-refractivity contribution in [2.45, 2.75) is 19.1 Å². The number of carboxylic acid groups (broad SMARTS) is 1. The molecule has 1 fully saturated rings. The summed E-state index contributed by atoms with van der Waals surface area (Å²) in [4.78, 5) is 25.6. The molecule has 1 aliphatic heterocycles. The molecule has 7 nitrogen and oxygen atoms in total. The Morgan fingerprint density at radius 1 is 1.36 bits per heavy atom. The van der Waals surface area contributed by atoms with Gasteiger partial charge in [-0.25, -0.2) is 0 Å². The van der Waals surface area contributed by atoms with Crippen molar-refractivity contribution in [1.82, 2.24) is 9.47 Å². The van der Waals surface area contributed by atoms with E-state index in [0.717, 1.165) is 10.9 Å². The SMILES string of the molecule is COCCn1cc(C(=O)N2CCO[C@@H](CC(=O)O)C2)c2ccccc21. The van der Waals surface area contributed by atoms with E-state index in [1.165, 1.54) is 0 Å². The summed E-state index contributed by atoms with van der Waals surface area (Å²) in [5.41, 5.74) is 1.61. The number of fused-ring (bicyclic) bond motifs is 1. The molecule has 0 spiro atoms. The highest BCUT2D eigenvalue weighted by molar-refractivity contribution is 6.07. The molecule has 1 aromatic carbocycles. The number of carboxylic acids is 1. The summed E-state index contributed by atoms with van der Waals surface area (Å²) >= 11 is 0. The van der Waals surface area contributed by atoms with E-state index < -0.39 is 12.1 Å². The van der Waals surface area contributed by atoms with E-state index in [2.05, 4.69) is 0 Å². The first-order valence-corrected chi connectivity index (χ1v) is 8.29. The third-order valence-corrected chi connectivity index (χ3v) is 4.38. The van der Waals surface area contributed by atoms with Crippen molar-refractivity contribution in [3.05, 3.63) is 36.0 Å². The molecule has 0 unspecified atom stereocenters. The van der Waals surface area contributed by atoms with Gasteiger partial charge in [-0.3, -0.25) is 9.59 Å². The summed E-state index contributed by atoms with van der Waals surface area (Å²) in [6.45, 7) is 2.33. The number of hydrogen-bond donors (Lipinski definition) is 1. The lowest BCUT2D eigenvalue weighted by Crippen LogP contribution is -2.46. The molecule has 1 saturated heterocycles. The smallest absolute Gasteiger partial charge is 0.306 e. The summed E-state index contributed by atoms with van der Waals surface area (Å²) in [6, 6.07) is 7.76. The first-order chi connectivity index (χ1) is 12.1. The van der Waals surface area contributed by atoms with E-state index in [1.54, 1.807) is 12.0 Å². The fourth-order valence-electron chi connectivity index (χ4n) is 3.18. The van der Waals surface area contributed by atoms with Crippen molar-refractivity contribution in [3.8, 4) is 0 Å². The van der Waals surface area contributed by atoms with Crippen LogP contribution in [-0.2, 0) is 20.8 Å². The van der Waals surface area contributed by atoms with Gasteiger partial charge in [-0.05, 0) is 6.07 Å². The van der Waals surface area contributed by atoms with Crippen molar-refractivity contribution in [2.75, 3.05) is 33.4 Å². The zero-order valence-corrected chi connectivity index (χ0v) is 14.2. The number of amides is 1. The third-order valence-electron chi connectivity index (χ3n) is 4.38. The van der Waals surface area contributed by atoms with Gasteiger partial charge in [-0.1, -0.05) is 18.2 Å². The van der Waals surface area contributed by atoms with Crippen molar-refractivity contribution in [1.29, 1.82) is 0 Å². The third kappa shape index (κ3) is 3.83. The highest BCUT2D eigenvalue weighted by Gasteiger charge is 2.28. The average molecular weight is 346 g/mol. The minimum atomic E-state index is -0.921. The number of methoxy groups -OCH3 is 1. The fourth-order valence-corrected chi connectivity index (χ4v) is 3.18. The number of carbonyl (C=O) groups is 2. The predicted octanol–water partition coefficient (Wildman–Crippen LogP) is 1.60. The first-order valence-electron chi connectivity index (χ1n) is 8.29. The molecule has 2 aromatic rings. The van der Waals surface area contributed by atoms with Crippen LogP contribution in [0.1, 0.15) is 16.8 Å². The van der Waals surface area contributed by atoms with Gasteiger partial charge in [0, 0.05) is 43.8 Å². The van der Waals surface area contributed by atoms with E-state index in [4.69, 9.17) is 14.6 Å². The largest absolute Gasteiger partial charge is 0.481 e.